The van der Waals surface area contributed by atoms with Crippen molar-refractivity contribution in [2.24, 2.45) is 0 Å². The second kappa shape index (κ2) is 14.7. The van der Waals surface area contributed by atoms with Gasteiger partial charge in [-0.25, -0.2) is 15.0 Å². The second-order valence-corrected chi connectivity index (χ2v) is 17.2. The van der Waals surface area contributed by atoms with E-state index >= 15 is 0 Å². The molecule has 0 saturated carbocycles. The van der Waals surface area contributed by atoms with E-state index in [0.29, 0.717) is 17.5 Å². The van der Waals surface area contributed by atoms with Crippen molar-refractivity contribution in [3.8, 4) is 56.7 Å². The molecule has 0 aliphatic rings. The third-order valence-corrected chi connectivity index (χ3v) is 13.3. The molecule has 0 radical (unpaired) electrons. The highest BCUT2D eigenvalue weighted by molar-refractivity contribution is 6.16. The lowest BCUT2D eigenvalue weighted by molar-refractivity contribution is 0.668. The van der Waals surface area contributed by atoms with E-state index in [1.165, 1.54) is 26.9 Å². The molecule has 6 nitrogen and oxygen atoms in total. The molecule has 14 rings (SSSR count). The number of para-hydroxylation sites is 4. The first-order valence-corrected chi connectivity index (χ1v) is 22.6. The van der Waals surface area contributed by atoms with Gasteiger partial charge in [-0.05, 0) is 82.6 Å². The van der Waals surface area contributed by atoms with Crippen LogP contribution in [0.15, 0.2) is 229 Å². The quantitative estimate of drug-likeness (QED) is 0.167. The minimum absolute atomic E-state index is 0.554. The van der Waals surface area contributed by atoms with Crippen LogP contribution in [0.5, 0.6) is 0 Å². The standard InChI is InChI=1S/C61H37N5O/c1-3-16-38(17-4-1)39-20-15-21-42(32-39)59-62-60(43-30-31-48-46-24-9-12-27-52(46)65(54(48)35-43)44-22-5-2-6-23-44)64-61(63-59)51-36-45(37-57-58(51)49-26-11-14-29-56(49)67-57)66-53-28-13-10-25-47(53)50-33-40-18-7-8-19-41(40)34-55(50)66/h1-37H. The Hall–Kier alpha value is -9.13. The summed E-state index contributed by atoms with van der Waals surface area (Å²) in [6, 6.07) is 79.1. The van der Waals surface area contributed by atoms with Gasteiger partial charge in [0, 0.05) is 60.8 Å². The highest BCUT2D eigenvalue weighted by Gasteiger charge is 2.23. The maximum atomic E-state index is 6.79. The summed E-state index contributed by atoms with van der Waals surface area (Å²) < 4.78 is 11.5. The fraction of sp³-hybridized carbons (Fsp3) is 0. The van der Waals surface area contributed by atoms with Gasteiger partial charge in [-0.3, -0.25) is 0 Å². The molecular weight excluding hydrogens is 819 g/mol. The molecule has 0 atom stereocenters. The predicted molar refractivity (Wildman–Crippen MR) is 275 cm³/mol. The van der Waals surface area contributed by atoms with E-state index in [2.05, 4.69) is 215 Å². The first-order chi connectivity index (χ1) is 33.2. The summed E-state index contributed by atoms with van der Waals surface area (Å²) in [5.41, 5.74) is 12.9. The summed E-state index contributed by atoms with van der Waals surface area (Å²) in [5, 5.41) is 9.04. The first kappa shape index (κ1) is 37.3. The fourth-order valence-corrected chi connectivity index (χ4v) is 10.3. The van der Waals surface area contributed by atoms with Crippen molar-refractivity contribution in [3.05, 3.63) is 224 Å². The van der Waals surface area contributed by atoms with Crippen LogP contribution in [0.2, 0.25) is 0 Å². The van der Waals surface area contributed by atoms with Crippen molar-refractivity contribution in [2.45, 2.75) is 0 Å². The van der Waals surface area contributed by atoms with Crippen molar-refractivity contribution < 1.29 is 4.42 Å². The van der Waals surface area contributed by atoms with Crippen molar-refractivity contribution in [1.29, 1.82) is 0 Å². The lowest BCUT2D eigenvalue weighted by atomic mass is 10.0. The van der Waals surface area contributed by atoms with Gasteiger partial charge in [0.15, 0.2) is 17.5 Å². The summed E-state index contributed by atoms with van der Waals surface area (Å²) in [4.78, 5) is 16.3. The largest absolute Gasteiger partial charge is 0.456 e. The number of benzene rings is 10. The van der Waals surface area contributed by atoms with Crippen LogP contribution >= 0.6 is 0 Å². The van der Waals surface area contributed by atoms with Crippen LogP contribution in [0.25, 0.3) is 133 Å². The van der Waals surface area contributed by atoms with Crippen LogP contribution in [0.3, 0.4) is 0 Å². The SMILES string of the molecule is c1ccc(-c2cccc(-c3nc(-c4ccc5c6ccccc6n(-c6ccccc6)c5c4)nc(-c4cc(-n5c6ccccc6c6cc7ccccc7cc65)cc5oc6ccccc6c45)n3)c2)cc1. The lowest BCUT2D eigenvalue weighted by Crippen LogP contribution is -2.02. The van der Waals surface area contributed by atoms with Gasteiger partial charge >= 0.3 is 0 Å². The molecule has 10 aromatic carbocycles. The van der Waals surface area contributed by atoms with E-state index in [0.717, 1.165) is 88.6 Å². The molecule has 0 unspecified atom stereocenters. The van der Waals surface area contributed by atoms with Gasteiger partial charge < -0.3 is 13.6 Å². The van der Waals surface area contributed by atoms with E-state index in [1.807, 2.05) is 18.2 Å². The number of rotatable bonds is 6. The van der Waals surface area contributed by atoms with E-state index in [1.54, 1.807) is 0 Å². The number of furan rings is 1. The fourth-order valence-electron chi connectivity index (χ4n) is 10.3. The van der Waals surface area contributed by atoms with Gasteiger partial charge in [0.05, 0.1) is 27.8 Å². The Balaban J connectivity index is 1.06. The Kier molecular flexibility index (Phi) is 8.18. The Morgan fingerprint density at radius 1 is 0.299 bits per heavy atom. The maximum absolute atomic E-state index is 6.79. The molecule has 14 aromatic rings. The highest BCUT2D eigenvalue weighted by Crippen LogP contribution is 2.42. The molecule has 4 aromatic heterocycles. The first-order valence-electron chi connectivity index (χ1n) is 22.6. The molecule has 6 heteroatoms. The summed E-state index contributed by atoms with van der Waals surface area (Å²) in [6.07, 6.45) is 0. The van der Waals surface area contributed by atoms with Crippen molar-refractivity contribution in [2.75, 3.05) is 0 Å². The average molecular weight is 856 g/mol. The molecule has 312 valence electrons. The Labute approximate surface area is 384 Å². The highest BCUT2D eigenvalue weighted by atomic mass is 16.3. The van der Waals surface area contributed by atoms with Gasteiger partial charge in [0.1, 0.15) is 11.2 Å². The number of fused-ring (bicyclic) bond motifs is 10. The Morgan fingerprint density at radius 2 is 0.851 bits per heavy atom. The minimum Gasteiger partial charge on any atom is -0.456 e. The van der Waals surface area contributed by atoms with Gasteiger partial charge in [0.25, 0.3) is 0 Å². The number of aromatic nitrogens is 5. The molecule has 0 bridgehead atoms. The van der Waals surface area contributed by atoms with Gasteiger partial charge in [-0.2, -0.15) is 0 Å². The average Bonchev–Trinajstić information content (AvgIpc) is 4.05. The summed E-state index contributed by atoms with van der Waals surface area (Å²) in [7, 11) is 0. The Morgan fingerprint density at radius 3 is 1.63 bits per heavy atom. The molecule has 0 N–H and O–H groups in total. The zero-order chi connectivity index (χ0) is 44.0. The van der Waals surface area contributed by atoms with Crippen LogP contribution in [-0.2, 0) is 0 Å². The van der Waals surface area contributed by atoms with Crippen molar-refractivity contribution in [3.63, 3.8) is 0 Å². The van der Waals surface area contributed by atoms with Gasteiger partial charge in [0.2, 0.25) is 0 Å². The van der Waals surface area contributed by atoms with Crippen LogP contribution < -0.4 is 0 Å². The molecule has 0 spiro atoms. The summed E-state index contributed by atoms with van der Waals surface area (Å²) >= 11 is 0. The van der Waals surface area contributed by atoms with E-state index in [4.69, 9.17) is 19.4 Å². The van der Waals surface area contributed by atoms with E-state index in [-0.39, 0.29) is 0 Å². The lowest BCUT2D eigenvalue weighted by Gasteiger charge is -2.14. The van der Waals surface area contributed by atoms with E-state index in [9.17, 15) is 0 Å². The Bertz CT molecular complexity index is 4280. The van der Waals surface area contributed by atoms with Crippen LogP contribution in [0.4, 0.5) is 0 Å². The zero-order valence-corrected chi connectivity index (χ0v) is 36.0. The smallest absolute Gasteiger partial charge is 0.164 e. The van der Waals surface area contributed by atoms with Crippen molar-refractivity contribution in [1.82, 2.24) is 24.1 Å². The predicted octanol–water partition coefficient (Wildman–Crippen LogP) is 15.8. The molecule has 0 aliphatic heterocycles. The van der Waals surface area contributed by atoms with E-state index < -0.39 is 0 Å². The number of hydrogen-bond acceptors (Lipinski definition) is 4. The molecule has 0 aliphatic carbocycles. The molecule has 0 saturated heterocycles. The normalized spacial score (nSPS) is 11.9. The number of hydrogen-bond donors (Lipinski definition) is 0. The van der Waals surface area contributed by atoms with Crippen LogP contribution in [0, 0.1) is 0 Å². The third-order valence-electron chi connectivity index (χ3n) is 13.3. The van der Waals surface area contributed by atoms with Gasteiger partial charge in [-0.15, -0.1) is 0 Å². The maximum Gasteiger partial charge on any atom is 0.164 e. The monoisotopic (exact) mass is 855 g/mol. The minimum atomic E-state index is 0.554. The molecule has 0 fully saturated rings. The molecular formula is C61H37N5O. The summed E-state index contributed by atoms with van der Waals surface area (Å²) in [5.74, 6) is 1.71. The van der Waals surface area contributed by atoms with Crippen molar-refractivity contribution >= 4 is 76.3 Å². The van der Waals surface area contributed by atoms with Crippen LogP contribution in [-0.4, -0.2) is 24.1 Å². The molecule has 4 heterocycles. The summed E-state index contributed by atoms with van der Waals surface area (Å²) in [6.45, 7) is 0. The second-order valence-electron chi connectivity index (χ2n) is 17.2. The van der Waals surface area contributed by atoms with Crippen LogP contribution in [0.1, 0.15) is 0 Å². The molecule has 0 amide bonds. The van der Waals surface area contributed by atoms with Gasteiger partial charge in [-0.1, -0.05) is 158 Å². The topological polar surface area (TPSA) is 61.7 Å². The third kappa shape index (κ3) is 5.93. The molecule has 67 heavy (non-hydrogen) atoms. The zero-order valence-electron chi connectivity index (χ0n) is 36.0. The number of nitrogens with zero attached hydrogens (tertiary/aromatic N) is 5.